The predicted molar refractivity (Wildman–Crippen MR) is 75.9 cm³/mol. The summed E-state index contributed by atoms with van der Waals surface area (Å²) < 4.78 is 15.9. The number of nitrogens with two attached hydrogens (primary N) is 2. The van der Waals surface area contributed by atoms with Gasteiger partial charge in [0.1, 0.15) is 5.75 Å². The van der Waals surface area contributed by atoms with Crippen LogP contribution < -0.4 is 25.7 Å². The largest absolute Gasteiger partial charge is 0.496 e. The van der Waals surface area contributed by atoms with Crippen LogP contribution in [0.5, 0.6) is 17.2 Å². The van der Waals surface area contributed by atoms with Crippen LogP contribution in [0, 0.1) is 0 Å². The maximum atomic E-state index is 6.22. The molecule has 0 bridgehead atoms. The van der Waals surface area contributed by atoms with Crippen molar-refractivity contribution >= 4 is 0 Å². The van der Waals surface area contributed by atoms with Crippen molar-refractivity contribution in [2.75, 3.05) is 21.3 Å². The fourth-order valence-electron chi connectivity index (χ4n) is 2.02. The molecule has 1 aromatic rings. The standard InChI is InChI=1S/C14H24N2O3/c1-14(2,16)8-10(15)9-6-12(18-4)13(19-5)7-11(9)17-3/h6-7,10H,8,15-16H2,1-5H3. The molecule has 0 fully saturated rings. The van der Waals surface area contributed by atoms with E-state index in [-0.39, 0.29) is 11.6 Å². The van der Waals surface area contributed by atoms with Crippen LogP contribution in [0.3, 0.4) is 0 Å². The van der Waals surface area contributed by atoms with Crippen molar-refractivity contribution in [2.45, 2.75) is 31.8 Å². The molecule has 0 spiro atoms. The van der Waals surface area contributed by atoms with Gasteiger partial charge in [-0.05, 0) is 26.3 Å². The minimum atomic E-state index is -0.350. The maximum absolute atomic E-state index is 6.22. The lowest BCUT2D eigenvalue weighted by Crippen LogP contribution is -2.36. The zero-order valence-electron chi connectivity index (χ0n) is 12.3. The third-order valence-corrected chi connectivity index (χ3v) is 2.88. The molecule has 0 aliphatic rings. The molecule has 0 saturated heterocycles. The van der Waals surface area contributed by atoms with Gasteiger partial charge >= 0.3 is 0 Å². The lowest BCUT2D eigenvalue weighted by atomic mass is 9.92. The molecule has 0 aliphatic carbocycles. The molecule has 1 atom stereocenters. The number of methoxy groups -OCH3 is 3. The highest BCUT2D eigenvalue weighted by Crippen LogP contribution is 2.38. The Morgan fingerprint density at radius 2 is 1.47 bits per heavy atom. The molecule has 19 heavy (non-hydrogen) atoms. The van der Waals surface area contributed by atoms with Crippen molar-refractivity contribution in [3.05, 3.63) is 17.7 Å². The second-order valence-corrected chi connectivity index (χ2v) is 5.25. The number of rotatable bonds is 6. The Morgan fingerprint density at radius 3 is 1.89 bits per heavy atom. The fraction of sp³-hybridized carbons (Fsp3) is 0.571. The molecular weight excluding hydrogens is 244 g/mol. The van der Waals surface area contributed by atoms with Crippen LogP contribution >= 0.6 is 0 Å². The van der Waals surface area contributed by atoms with Gasteiger partial charge in [0.15, 0.2) is 11.5 Å². The molecule has 5 nitrogen and oxygen atoms in total. The van der Waals surface area contributed by atoms with E-state index in [0.29, 0.717) is 23.7 Å². The highest BCUT2D eigenvalue weighted by Gasteiger charge is 2.22. The molecule has 0 aliphatic heterocycles. The van der Waals surface area contributed by atoms with Gasteiger partial charge in [0, 0.05) is 23.2 Å². The highest BCUT2D eigenvalue weighted by atomic mass is 16.5. The van der Waals surface area contributed by atoms with E-state index in [0.717, 1.165) is 5.56 Å². The lowest BCUT2D eigenvalue weighted by Gasteiger charge is -2.25. The molecule has 0 radical (unpaired) electrons. The summed E-state index contributed by atoms with van der Waals surface area (Å²) in [6.07, 6.45) is 0.638. The van der Waals surface area contributed by atoms with Gasteiger partial charge in [-0.2, -0.15) is 0 Å². The van der Waals surface area contributed by atoms with E-state index >= 15 is 0 Å². The van der Waals surface area contributed by atoms with E-state index in [1.54, 1.807) is 27.4 Å². The van der Waals surface area contributed by atoms with Crippen LogP contribution in [0.1, 0.15) is 31.9 Å². The monoisotopic (exact) mass is 268 g/mol. The second kappa shape index (κ2) is 6.12. The first-order valence-corrected chi connectivity index (χ1v) is 6.16. The summed E-state index contributed by atoms with van der Waals surface area (Å²) in [5, 5.41) is 0. The second-order valence-electron chi connectivity index (χ2n) is 5.25. The molecule has 1 unspecified atom stereocenters. The summed E-state index contributed by atoms with van der Waals surface area (Å²) >= 11 is 0. The maximum Gasteiger partial charge on any atom is 0.164 e. The van der Waals surface area contributed by atoms with Gasteiger partial charge in [0.05, 0.1) is 21.3 Å². The van der Waals surface area contributed by atoms with E-state index in [1.807, 2.05) is 19.9 Å². The van der Waals surface area contributed by atoms with Crippen LogP contribution in [0.25, 0.3) is 0 Å². The summed E-state index contributed by atoms with van der Waals surface area (Å²) in [5.41, 5.74) is 12.7. The Kier molecular flexibility index (Phi) is 5.03. The zero-order valence-corrected chi connectivity index (χ0v) is 12.3. The van der Waals surface area contributed by atoms with E-state index in [9.17, 15) is 0 Å². The summed E-state index contributed by atoms with van der Waals surface area (Å²) in [7, 11) is 4.78. The molecule has 0 amide bonds. The average molecular weight is 268 g/mol. The summed E-state index contributed by atoms with van der Waals surface area (Å²) in [6, 6.07) is 3.39. The molecule has 5 heteroatoms. The van der Waals surface area contributed by atoms with Gasteiger partial charge in [-0.25, -0.2) is 0 Å². The Bertz CT molecular complexity index is 427. The number of ether oxygens (including phenoxy) is 3. The van der Waals surface area contributed by atoms with Crippen LogP contribution in [0.4, 0.5) is 0 Å². The lowest BCUT2D eigenvalue weighted by molar-refractivity contribution is 0.344. The number of benzene rings is 1. The normalized spacial score (nSPS) is 13.0. The van der Waals surface area contributed by atoms with Gasteiger partial charge < -0.3 is 25.7 Å². The molecule has 0 heterocycles. The third-order valence-electron chi connectivity index (χ3n) is 2.88. The average Bonchev–Trinajstić information content (AvgIpc) is 2.34. The first-order valence-electron chi connectivity index (χ1n) is 6.16. The number of hydrogen-bond donors (Lipinski definition) is 2. The van der Waals surface area contributed by atoms with Crippen molar-refractivity contribution in [3.63, 3.8) is 0 Å². The summed E-state index contributed by atoms with van der Waals surface area (Å²) in [5.74, 6) is 1.92. The number of hydrogen-bond acceptors (Lipinski definition) is 5. The predicted octanol–water partition coefficient (Wildman–Crippen LogP) is 1.84. The van der Waals surface area contributed by atoms with Gasteiger partial charge in [-0.15, -0.1) is 0 Å². The quantitative estimate of drug-likeness (QED) is 0.823. The molecule has 1 rings (SSSR count). The van der Waals surface area contributed by atoms with Crippen molar-refractivity contribution in [2.24, 2.45) is 11.5 Å². The Hall–Kier alpha value is -1.46. The SMILES string of the molecule is COc1cc(OC)c(C(N)CC(C)(C)N)cc1OC. The molecule has 1 aromatic carbocycles. The van der Waals surface area contributed by atoms with E-state index in [2.05, 4.69) is 0 Å². The summed E-state index contributed by atoms with van der Waals surface area (Å²) in [6.45, 7) is 3.89. The first-order chi connectivity index (χ1) is 8.82. The Labute approximate surface area is 114 Å². The van der Waals surface area contributed by atoms with Gasteiger partial charge in [-0.3, -0.25) is 0 Å². The van der Waals surface area contributed by atoms with Gasteiger partial charge in [0.25, 0.3) is 0 Å². The molecular formula is C14H24N2O3. The first kappa shape index (κ1) is 15.6. The zero-order chi connectivity index (χ0) is 14.6. The van der Waals surface area contributed by atoms with E-state index in [4.69, 9.17) is 25.7 Å². The molecule has 0 aromatic heterocycles. The van der Waals surface area contributed by atoms with Crippen molar-refractivity contribution in [1.82, 2.24) is 0 Å². The van der Waals surface area contributed by atoms with Crippen LogP contribution in [-0.2, 0) is 0 Å². The van der Waals surface area contributed by atoms with Crippen molar-refractivity contribution < 1.29 is 14.2 Å². The molecule has 108 valence electrons. The molecule has 4 N–H and O–H groups in total. The van der Waals surface area contributed by atoms with E-state index in [1.165, 1.54) is 0 Å². The van der Waals surface area contributed by atoms with Crippen LogP contribution in [-0.4, -0.2) is 26.9 Å². The Balaban J connectivity index is 3.18. The van der Waals surface area contributed by atoms with Crippen LogP contribution in [0.2, 0.25) is 0 Å². The van der Waals surface area contributed by atoms with Crippen LogP contribution in [0.15, 0.2) is 12.1 Å². The van der Waals surface area contributed by atoms with Crippen molar-refractivity contribution in [3.8, 4) is 17.2 Å². The fourth-order valence-corrected chi connectivity index (χ4v) is 2.02. The summed E-state index contributed by atoms with van der Waals surface area (Å²) in [4.78, 5) is 0. The molecule has 0 saturated carbocycles. The minimum absolute atomic E-state index is 0.227. The third kappa shape index (κ3) is 4.01. The topological polar surface area (TPSA) is 79.7 Å². The Morgan fingerprint density at radius 1 is 1.00 bits per heavy atom. The smallest absolute Gasteiger partial charge is 0.164 e. The van der Waals surface area contributed by atoms with E-state index < -0.39 is 0 Å². The van der Waals surface area contributed by atoms with Gasteiger partial charge in [0.2, 0.25) is 0 Å². The minimum Gasteiger partial charge on any atom is -0.496 e. The highest BCUT2D eigenvalue weighted by molar-refractivity contribution is 5.51. The van der Waals surface area contributed by atoms with Crippen molar-refractivity contribution in [1.29, 1.82) is 0 Å². The van der Waals surface area contributed by atoms with Gasteiger partial charge in [-0.1, -0.05) is 0 Å².